The number of benzene rings is 1. The van der Waals surface area contributed by atoms with Crippen LogP contribution >= 0.6 is 0 Å². The second-order valence-corrected chi connectivity index (χ2v) is 3.53. The Morgan fingerprint density at radius 1 is 1.28 bits per heavy atom. The first-order valence-corrected chi connectivity index (χ1v) is 4.94. The molecule has 0 radical (unpaired) electrons. The maximum atomic E-state index is 13.7. The van der Waals surface area contributed by atoms with Gasteiger partial charge in [-0.15, -0.1) is 0 Å². The summed E-state index contributed by atoms with van der Waals surface area (Å²) in [5, 5.41) is 9.01. The van der Waals surface area contributed by atoms with Crippen LogP contribution in [0.15, 0.2) is 30.5 Å². The molecule has 0 saturated heterocycles. The molecule has 0 bridgehead atoms. The Hall–Kier alpha value is -2.50. The van der Waals surface area contributed by atoms with Crippen molar-refractivity contribution in [1.29, 1.82) is 0 Å². The van der Waals surface area contributed by atoms with Crippen molar-refractivity contribution < 1.29 is 18.7 Å². The predicted octanol–water partition coefficient (Wildman–Crippen LogP) is 2.31. The van der Waals surface area contributed by atoms with Gasteiger partial charge >= 0.3 is 5.97 Å². The van der Waals surface area contributed by atoms with Crippen molar-refractivity contribution in [2.24, 2.45) is 0 Å². The molecule has 3 N–H and O–H groups in total. The van der Waals surface area contributed by atoms with Gasteiger partial charge < -0.3 is 10.8 Å². The minimum absolute atomic E-state index is 0.123. The molecule has 0 atom stereocenters. The summed E-state index contributed by atoms with van der Waals surface area (Å²) in [6.45, 7) is 0. The molecule has 0 spiro atoms. The minimum Gasteiger partial charge on any atom is -0.478 e. The molecule has 1 aromatic heterocycles. The van der Waals surface area contributed by atoms with Crippen molar-refractivity contribution >= 4 is 11.8 Å². The van der Waals surface area contributed by atoms with Gasteiger partial charge in [0, 0.05) is 17.3 Å². The van der Waals surface area contributed by atoms with E-state index in [1.165, 1.54) is 24.4 Å². The second-order valence-electron chi connectivity index (χ2n) is 3.53. The lowest BCUT2D eigenvalue weighted by Crippen LogP contribution is -2.05. The number of aromatic nitrogens is 1. The van der Waals surface area contributed by atoms with Crippen molar-refractivity contribution in [1.82, 2.24) is 4.98 Å². The van der Waals surface area contributed by atoms with Gasteiger partial charge in [-0.25, -0.2) is 18.6 Å². The van der Waals surface area contributed by atoms with Crippen molar-refractivity contribution in [3.8, 4) is 11.1 Å². The van der Waals surface area contributed by atoms with E-state index in [1.54, 1.807) is 0 Å². The summed E-state index contributed by atoms with van der Waals surface area (Å²) < 4.78 is 26.8. The van der Waals surface area contributed by atoms with E-state index in [4.69, 9.17) is 10.8 Å². The van der Waals surface area contributed by atoms with Crippen LogP contribution in [-0.4, -0.2) is 16.1 Å². The summed E-state index contributed by atoms with van der Waals surface area (Å²) >= 11 is 0. The lowest BCUT2D eigenvalue weighted by Gasteiger charge is -2.09. The number of halogens is 2. The zero-order valence-corrected chi connectivity index (χ0v) is 9.02. The number of aromatic carboxylic acids is 1. The third kappa shape index (κ3) is 1.88. The Bertz CT molecular complexity index is 629. The number of hydrogen-bond acceptors (Lipinski definition) is 3. The van der Waals surface area contributed by atoms with Crippen LogP contribution in [0.5, 0.6) is 0 Å². The van der Waals surface area contributed by atoms with Crippen LogP contribution in [0.4, 0.5) is 14.6 Å². The van der Waals surface area contributed by atoms with Crippen LogP contribution in [0, 0.1) is 11.6 Å². The van der Waals surface area contributed by atoms with E-state index in [0.717, 1.165) is 6.07 Å². The summed E-state index contributed by atoms with van der Waals surface area (Å²) in [6.07, 6.45) is 1.19. The molecule has 6 heteroatoms. The number of pyridine rings is 1. The number of nitrogens with zero attached hydrogens (tertiary/aromatic N) is 1. The van der Waals surface area contributed by atoms with Gasteiger partial charge in [0.25, 0.3) is 0 Å². The Kier molecular flexibility index (Phi) is 2.93. The normalized spacial score (nSPS) is 10.3. The van der Waals surface area contributed by atoms with Crippen molar-refractivity contribution in [3.05, 3.63) is 47.7 Å². The maximum absolute atomic E-state index is 13.7. The molecule has 4 nitrogen and oxygen atoms in total. The number of anilines is 1. The third-order valence-corrected chi connectivity index (χ3v) is 2.43. The van der Waals surface area contributed by atoms with E-state index in [-0.39, 0.29) is 22.5 Å². The van der Waals surface area contributed by atoms with Crippen LogP contribution in [-0.2, 0) is 0 Å². The van der Waals surface area contributed by atoms with E-state index >= 15 is 0 Å². The van der Waals surface area contributed by atoms with E-state index in [0.29, 0.717) is 0 Å². The Labute approximate surface area is 101 Å². The number of nitrogens with two attached hydrogens (primary N) is 1. The van der Waals surface area contributed by atoms with E-state index in [9.17, 15) is 13.6 Å². The molecular formula is C12H8F2N2O2. The van der Waals surface area contributed by atoms with Gasteiger partial charge in [-0.05, 0) is 12.1 Å². The number of nitrogen functional groups attached to an aromatic ring is 1. The summed E-state index contributed by atoms with van der Waals surface area (Å²) in [5.41, 5.74) is 4.97. The van der Waals surface area contributed by atoms with Crippen LogP contribution in [0.2, 0.25) is 0 Å². The summed E-state index contributed by atoms with van der Waals surface area (Å²) in [6, 6.07) is 4.63. The highest BCUT2D eigenvalue weighted by Crippen LogP contribution is 2.31. The van der Waals surface area contributed by atoms with E-state index in [1.807, 2.05) is 0 Å². The van der Waals surface area contributed by atoms with Crippen molar-refractivity contribution in [3.63, 3.8) is 0 Å². The fraction of sp³-hybridized carbons (Fsp3) is 0. The average molecular weight is 250 g/mol. The van der Waals surface area contributed by atoms with E-state index in [2.05, 4.69) is 4.98 Å². The standard InChI is InChI=1S/C12H8F2N2O2/c13-8-3-1-2-6(10(8)14)9-7(12(17)18)4-5-16-11(9)15/h1-5H,(H2,15,16)(H,17,18). The molecular weight excluding hydrogens is 242 g/mol. The number of carboxylic acid groups (broad SMARTS) is 1. The molecule has 0 aliphatic carbocycles. The smallest absolute Gasteiger partial charge is 0.336 e. The SMILES string of the molecule is Nc1nccc(C(=O)O)c1-c1cccc(F)c1F. The van der Waals surface area contributed by atoms with Crippen LogP contribution in [0.1, 0.15) is 10.4 Å². The van der Waals surface area contributed by atoms with Gasteiger partial charge in [-0.2, -0.15) is 0 Å². The molecule has 1 heterocycles. The Morgan fingerprint density at radius 3 is 2.67 bits per heavy atom. The summed E-state index contributed by atoms with van der Waals surface area (Å²) in [7, 11) is 0. The van der Waals surface area contributed by atoms with Crippen LogP contribution < -0.4 is 5.73 Å². The van der Waals surface area contributed by atoms with Gasteiger partial charge in [-0.3, -0.25) is 0 Å². The van der Waals surface area contributed by atoms with Crippen LogP contribution in [0.25, 0.3) is 11.1 Å². The molecule has 0 unspecified atom stereocenters. The lowest BCUT2D eigenvalue weighted by molar-refractivity contribution is 0.0697. The monoisotopic (exact) mass is 250 g/mol. The van der Waals surface area contributed by atoms with Gasteiger partial charge in [-0.1, -0.05) is 12.1 Å². The average Bonchev–Trinajstić information content (AvgIpc) is 2.33. The fourth-order valence-corrected chi connectivity index (χ4v) is 1.64. The molecule has 2 rings (SSSR count). The van der Waals surface area contributed by atoms with Gasteiger partial charge in [0.1, 0.15) is 5.82 Å². The quantitative estimate of drug-likeness (QED) is 0.857. The molecule has 0 aliphatic rings. The van der Waals surface area contributed by atoms with E-state index < -0.39 is 17.6 Å². The molecule has 0 saturated carbocycles. The highest BCUT2D eigenvalue weighted by molar-refractivity contribution is 5.98. The summed E-state index contributed by atoms with van der Waals surface area (Å²) in [4.78, 5) is 14.7. The molecule has 0 fully saturated rings. The molecule has 0 aliphatic heterocycles. The highest BCUT2D eigenvalue weighted by Gasteiger charge is 2.19. The molecule has 0 amide bonds. The predicted molar refractivity (Wildman–Crippen MR) is 61.0 cm³/mol. The number of hydrogen-bond donors (Lipinski definition) is 2. The molecule has 1 aromatic carbocycles. The van der Waals surface area contributed by atoms with Crippen molar-refractivity contribution in [2.75, 3.05) is 5.73 Å². The molecule has 18 heavy (non-hydrogen) atoms. The first-order chi connectivity index (χ1) is 8.52. The molecule has 92 valence electrons. The topological polar surface area (TPSA) is 76.2 Å². The number of carboxylic acids is 1. The molecule has 2 aromatic rings. The first kappa shape index (κ1) is 12.0. The van der Waals surface area contributed by atoms with Gasteiger partial charge in [0.05, 0.1) is 5.56 Å². The second kappa shape index (κ2) is 4.40. The summed E-state index contributed by atoms with van der Waals surface area (Å²) in [5.74, 6) is -3.69. The Balaban J connectivity index is 2.78. The number of rotatable bonds is 2. The minimum atomic E-state index is -1.29. The highest BCUT2D eigenvalue weighted by atomic mass is 19.2. The third-order valence-electron chi connectivity index (χ3n) is 2.43. The lowest BCUT2D eigenvalue weighted by atomic mass is 10.00. The maximum Gasteiger partial charge on any atom is 0.336 e. The first-order valence-electron chi connectivity index (χ1n) is 4.94. The fourth-order valence-electron chi connectivity index (χ4n) is 1.64. The van der Waals surface area contributed by atoms with Crippen LogP contribution in [0.3, 0.4) is 0 Å². The largest absolute Gasteiger partial charge is 0.478 e. The zero-order chi connectivity index (χ0) is 13.3. The number of carbonyl (C=O) groups is 1. The zero-order valence-electron chi connectivity index (χ0n) is 9.02. The van der Waals surface area contributed by atoms with Crippen molar-refractivity contribution in [2.45, 2.75) is 0 Å². The Morgan fingerprint density at radius 2 is 2.00 bits per heavy atom. The van der Waals surface area contributed by atoms with Gasteiger partial charge in [0.15, 0.2) is 11.6 Å². The van der Waals surface area contributed by atoms with Gasteiger partial charge in [0.2, 0.25) is 0 Å².